The van der Waals surface area contributed by atoms with E-state index >= 15 is 0 Å². The Bertz CT molecular complexity index is 194. The van der Waals surface area contributed by atoms with Crippen LogP contribution >= 0.6 is 0 Å². The van der Waals surface area contributed by atoms with Gasteiger partial charge in [0.2, 0.25) is 0 Å². The van der Waals surface area contributed by atoms with Crippen LogP contribution in [0.2, 0.25) is 0 Å². The highest BCUT2D eigenvalue weighted by Gasteiger charge is 1.97. The van der Waals surface area contributed by atoms with Gasteiger partial charge in [0, 0.05) is 13.3 Å². The highest BCUT2D eigenvalue weighted by Crippen LogP contribution is 2.12. The van der Waals surface area contributed by atoms with Crippen LogP contribution in [-0.2, 0) is 9.53 Å². The molecule has 0 spiro atoms. The second-order valence-corrected chi connectivity index (χ2v) is 3.65. The van der Waals surface area contributed by atoms with Crippen molar-refractivity contribution in [3.63, 3.8) is 0 Å². The zero-order valence-electron chi connectivity index (χ0n) is 9.27. The number of ether oxygens (including phenoxy) is 1. The third kappa shape index (κ3) is 9.04. The van der Waals surface area contributed by atoms with E-state index in [1.807, 2.05) is 6.92 Å². The number of esters is 1. The Morgan fingerprint density at radius 2 is 1.79 bits per heavy atom. The summed E-state index contributed by atoms with van der Waals surface area (Å²) in [4.78, 5) is 10.5. The number of hydrogen-bond acceptors (Lipinski definition) is 2. The molecule has 0 aliphatic heterocycles. The summed E-state index contributed by atoms with van der Waals surface area (Å²) >= 11 is 0. The third-order valence-electron chi connectivity index (χ3n) is 1.89. The average Bonchev–Trinajstić information content (AvgIpc) is 2.02. The Hall–Kier alpha value is -1.05. The van der Waals surface area contributed by atoms with Crippen LogP contribution in [-0.4, -0.2) is 12.6 Å². The van der Waals surface area contributed by atoms with Crippen molar-refractivity contribution in [1.29, 1.82) is 0 Å². The van der Waals surface area contributed by atoms with Gasteiger partial charge in [-0.15, -0.1) is 6.58 Å². The van der Waals surface area contributed by atoms with E-state index in [2.05, 4.69) is 13.2 Å². The molecule has 0 atom stereocenters. The molecule has 0 saturated carbocycles. The van der Waals surface area contributed by atoms with Gasteiger partial charge in [-0.05, 0) is 26.2 Å². The zero-order valence-corrected chi connectivity index (χ0v) is 9.27. The summed E-state index contributed by atoms with van der Waals surface area (Å²) in [6.07, 6.45) is 3.91. The minimum atomic E-state index is -0.222. The van der Waals surface area contributed by atoms with E-state index in [1.165, 1.54) is 12.5 Å². The highest BCUT2D eigenvalue weighted by atomic mass is 16.5. The summed E-state index contributed by atoms with van der Waals surface area (Å²) < 4.78 is 4.82. The summed E-state index contributed by atoms with van der Waals surface area (Å²) in [5.74, 6) is -0.222. The molecule has 0 aromatic heterocycles. The molecular formula is C12H20O2. The lowest BCUT2D eigenvalue weighted by Crippen LogP contribution is -2.01. The van der Waals surface area contributed by atoms with Crippen molar-refractivity contribution in [1.82, 2.24) is 0 Å². The maximum atomic E-state index is 10.5. The van der Waals surface area contributed by atoms with E-state index in [-0.39, 0.29) is 5.97 Å². The molecule has 2 nitrogen and oxygen atoms in total. The first-order chi connectivity index (χ1) is 6.52. The van der Waals surface area contributed by atoms with Gasteiger partial charge in [-0.3, -0.25) is 4.79 Å². The summed E-state index contributed by atoms with van der Waals surface area (Å²) in [6, 6.07) is 0. The van der Waals surface area contributed by atoms with Crippen LogP contribution in [0.4, 0.5) is 0 Å². The fraction of sp³-hybridized carbons (Fsp3) is 0.583. The van der Waals surface area contributed by atoms with Gasteiger partial charge in [0.1, 0.15) is 0 Å². The summed E-state index contributed by atoms with van der Waals surface area (Å²) in [5, 5.41) is 0. The SMILES string of the molecule is C=C(C)CCCC(=C)CCOC(C)=O. The standard InChI is InChI=1S/C12H20O2/c1-10(2)6-5-7-11(3)8-9-14-12(4)13/h1,3,5-9H2,2,4H3. The molecule has 0 rings (SSSR count). The number of allylic oxidation sites excluding steroid dienone is 1. The monoisotopic (exact) mass is 196 g/mol. The number of hydrogen-bond donors (Lipinski definition) is 0. The topological polar surface area (TPSA) is 26.3 Å². The summed E-state index contributed by atoms with van der Waals surface area (Å²) in [6.45, 7) is 11.7. The smallest absolute Gasteiger partial charge is 0.302 e. The van der Waals surface area contributed by atoms with Crippen molar-refractivity contribution < 1.29 is 9.53 Å². The van der Waals surface area contributed by atoms with Crippen LogP contribution in [0.5, 0.6) is 0 Å². The lowest BCUT2D eigenvalue weighted by molar-refractivity contribution is -0.140. The minimum Gasteiger partial charge on any atom is -0.466 e. The largest absolute Gasteiger partial charge is 0.466 e. The molecule has 2 heteroatoms. The van der Waals surface area contributed by atoms with Gasteiger partial charge >= 0.3 is 5.97 Å². The quantitative estimate of drug-likeness (QED) is 0.461. The van der Waals surface area contributed by atoms with E-state index in [1.54, 1.807) is 0 Å². The van der Waals surface area contributed by atoms with Gasteiger partial charge in [0.05, 0.1) is 6.61 Å². The van der Waals surface area contributed by atoms with Gasteiger partial charge in [-0.2, -0.15) is 0 Å². The predicted molar refractivity (Wildman–Crippen MR) is 59.1 cm³/mol. The van der Waals surface area contributed by atoms with Gasteiger partial charge < -0.3 is 4.74 Å². The first-order valence-corrected chi connectivity index (χ1v) is 4.96. The van der Waals surface area contributed by atoms with Gasteiger partial charge in [-0.1, -0.05) is 17.7 Å². The van der Waals surface area contributed by atoms with Gasteiger partial charge in [0.25, 0.3) is 0 Å². The first-order valence-electron chi connectivity index (χ1n) is 4.96. The maximum absolute atomic E-state index is 10.5. The van der Waals surface area contributed by atoms with E-state index < -0.39 is 0 Å². The molecule has 0 saturated heterocycles. The van der Waals surface area contributed by atoms with Crippen LogP contribution in [0, 0.1) is 0 Å². The Labute approximate surface area is 86.6 Å². The second-order valence-electron chi connectivity index (χ2n) is 3.65. The molecule has 0 unspecified atom stereocenters. The molecule has 0 amide bonds. The fourth-order valence-corrected chi connectivity index (χ4v) is 1.10. The Morgan fingerprint density at radius 3 is 2.29 bits per heavy atom. The Balaban J connectivity index is 3.37. The van der Waals surface area contributed by atoms with E-state index in [4.69, 9.17) is 4.74 Å². The zero-order chi connectivity index (χ0) is 11.0. The van der Waals surface area contributed by atoms with Crippen molar-refractivity contribution in [2.75, 3.05) is 6.61 Å². The van der Waals surface area contributed by atoms with Gasteiger partial charge in [0.15, 0.2) is 0 Å². The lowest BCUT2D eigenvalue weighted by atomic mass is 10.1. The molecule has 0 fully saturated rings. The summed E-state index contributed by atoms with van der Waals surface area (Å²) in [5.41, 5.74) is 2.35. The van der Waals surface area contributed by atoms with Crippen LogP contribution in [0.1, 0.15) is 39.5 Å². The molecule has 0 radical (unpaired) electrons. The molecule has 0 aromatic rings. The normalized spacial score (nSPS) is 9.57. The number of rotatable bonds is 7. The van der Waals surface area contributed by atoms with Crippen LogP contribution in [0.25, 0.3) is 0 Å². The Kier molecular flexibility index (Phi) is 6.81. The van der Waals surface area contributed by atoms with Gasteiger partial charge in [-0.25, -0.2) is 0 Å². The fourth-order valence-electron chi connectivity index (χ4n) is 1.10. The molecular weight excluding hydrogens is 176 g/mol. The van der Waals surface area contributed by atoms with Crippen LogP contribution < -0.4 is 0 Å². The van der Waals surface area contributed by atoms with Crippen molar-refractivity contribution in [2.45, 2.75) is 39.5 Å². The van der Waals surface area contributed by atoms with Crippen molar-refractivity contribution in [3.05, 3.63) is 24.3 Å². The number of carbonyl (C=O) groups excluding carboxylic acids is 1. The van der Waals surface area contributed by atoms with Crippen molar-refractivity contribution >= 4 is 5.97 Å². The van der Waals surface area contributed by atoms with Crippen LogP contribution in [0.15, 0.2) is 24.3 Å². The molecule has 0 N–H and O–H groups in total. The van der Waals surface area contributed by atoms with Crippen molar-refractivity contribution in [3.8, 4) is 0 Å². The second kappa shape index (κ2) is 7.36. The number of carbonyl (C=O) groups is 1. The summed E-state index contributed by atoms with van der Waals surface area (Å²) in [7, 11) is 0. The van der Waals surface area contributed by atoms with E-state index in [9.17, 15) is 4.79 Å². The highest BCUT2D eigenvalue weighted by molar-refractivity contribution is 5.65. The predicted octanol–water partition coefficient (Wildman–Crippen LogP) is 3.24. The lowest BCUT2D eigenvalue weighted by Gasteiger charge is -2.05. The van der Waals surface area contributed by atoms with E-state index in [0.717, 1.165) is 31.3 Å². The molecule has 0 heterocycles. The Morgan fingerprint density at radius 1 is 1.14 bits per heavy atom. The average molecular weight is 196 g/mol. The molecule has 0 aromatic carbocycles. The molecule has 0 aliphatic rings. The first kappa shape index (κ1) is 12.9. The van der Waals surface area contributed by atoms with Crippen molar-refractivity contribution in [2.24, 2.45) is 0 Å². The van der Waals surface area contributed by atoms with Crippen LogP contribution in [0.3, 0.4) is 0 Å². The van der Waals surface area contributed by atoms with E-state index in [0.29, 0.717) is 6.61 Å². The molecule has 80 valence electrons. The molecule has 14 heavy (non-hydrogen) atoms. The third-order valence-corrected chi connectivity index (χ3v) is 1.89. The minimum absolute atomic E-state index is 0.222. The molecule has 0 bridgehead atoms. The maximum Gasteiger partial charge on any atom is 0.302 e. The molecule has 0 aliphatic carbocycles.